The summed E-state index contributed by atoms with van der Waals surface area (Å²) in [5.41, 5.74) is 0.793. The van der Waals surface area contributed by atoms with Crippen molar-refractivity contribution < 1.29 is 19.1 Å². The SMILES string of the molecule is CNC(=O)c1cc(C)cc(Br)c1NC(=O)C12CC(C(=O)OC)(C1)C2. The topological polar surface area (TPSA) is 84.5 Å². The predicted molar refractivity (Wildman–Crippen MR) is 91.6 cm³/mol. The van der Waals surface area contributed by atoms with E-state index in [0.29, 0.717) is 35.0 Å². The van der Waals surface area contributed by atoms with E-state index in [1.165, 1.54) is 7.11 Å². The Morgan fingerprint density at radius 2 is 1.79 bits per heavy atom. The molecule has 0 atom stereocenters. The molecule has 0 spiro atoms. The zero-order chi connectivity index (χ0) is 17.7. The third kappa shape index (κ3) is 2.33. The van der Waals surface area contributed by atoms with E-state index >= 15 is 0 Å². The molecule has 6 nitrogen and oxygen atoms in total. The third-order valence-electron chi connectivity index (χ3n) is 5.08. The maximum atomic E-state index is 12.7. The van der Waals surface area contributed by atoms with E-state index in [1.54, 1.807) is 13.1 Å². The molecule has 128 valence electrons. The van der Waals surface area contributed by atoms with Crippen LogP contribution in [0.5, 0.6) is 0 Å². The molecule has 1 aromatic rings. The lowest BCUT2D eigenvalue weighted by Gasteiger charge is -2.66. The first-order chi connectivity index (χ1) is 11.3. The van der Waals surface area contributed by atoms with Crippen molar-refractivity contribution in [2.45, 2.75) is 26.2 Å². The van der Waals surface area contributed by atoms with Crippen LogP contribution in [-0.2, 0) is 14.3 Å². The Morgan fingerprint density at radius 1 is 1.17 bits per heavy atom. The second kappa shape index (κ2) is 5.58. The smallest absolute Gasteiger partial charge is 0.311 e. The Morgan fingerprint density at radius 3 is 2.33 bits per heavy atom. The number of aryl methyl sites for hydroxylation is 1. The van der Waals surface area contributed by atoms with Crippen LogP contribution in [0.3, 0.4) is 0 Å². The minimum Gasteiger partial charge on any atom is -0.469 e. The minimum absolute atomic E-state index is 0.150. The fraction of sp³-hybridized carbons (Fsp3) is 0.471. The van der Waals surface area contributed by atoms with Gasteiger partial charge in [-0.25, -0.2) is 0 Å². The Labute approximate surface area is 148 Å². The van der Waals surface area contributed by atoms with Crippen molar-refractivity contribution in [1.82, 2.24) is 5.32 Å². The van der Waals surface area contributed by atoms with Gasteiger partial charge < -0.3 is 15.4 Å². The molecule has 0 radical (unpaired) electrons. The summed E-state index contributed by atoms with van der Waals surface area (Å²) in [6.07, 6.45) is 1.53. The van der Waals surface area contributed by atoms with Crippen molar-refractivity contribution in [3.63, 3.8) is 0 Å². The quantitative estimate of drug-likeness (QED) is 0.767. The van der Waals surface area contributed by atoms with Crippen LogP contribution in [0.4, 0.5) is 5.69 Å². The molecule has 0 aliphatic heterocycles. The van der Waals surface area contributed by atoms with Crippen molar-refractivity contribution >= 4 is 39.4 Å². The maximum Gasteiger partial charge on any atom is 0.311 e. The van der Waals surface area contributed by atoms with Crippen LogP contribution < -0.4 is 10.6 Å². The highest BCUT2D eigenvalue weighted by molar-refractivity contribution is 9.10. The predicted octanol–water partition coefficient (Wildman–Crippen LogP) is 2.40. The molecule has 3 aliphatic carbocycles. The summed E-state index contributed by atoms with van der Waals surface area (Å²) in [6, 6.07) is 3.58. The monoisotopic (exact) mass is 394 g/mol. The van der Waals surface area contributed by atoms with Gasteiger partial charge >= 0.3 is 5.97 Å². The van der Waals surface area contributed by atoms with E-state index in [0.717, 1.165) is 5.56 Å². The lowest BCUT2D eigenvalue weighted by molar-refractivity contribution is -0.220. The summed E-state index contributed by atoms with van der Waals surface area (Å²) in [6.45, 7) is 1.88. The molecule has 0 aromatic heterocycles. The number of nitrogens with one attached hydrogen (secondary N) is 2. The molecule has 0 saturated heterocycles. The van der Waals surface area contributed by atoms with E-state index in [1.807, 2.05) is 13.0 Å². The fourth-order valence-corrected chi connectivity index (χ4v) is 4.56. The summed E-state index contributed by atoms with van der Waals surface area (Å²) < 4.78 is 5.46. The lowest BCUT2D eigenvalue weighted by Crippen LogP contribution is -2.69. The largest absolute Gasteiger partial charge is 0.469 e. The number of hydrogen-bond acceptors (Lipinski definition) is 4. The maximum absolute atomic E-state index is 12.7. The first-order valence-electron chi connectivity index (χ1n) is 7.69. The Balaban J connectivity index is 1.80. The van der Waals surface area contributed by atoms with Crippen LogP contribution in [0.15, 0.2) is 16.6 Å². The van der Waals surface area contributed by atoms with Gasteiger partial charge in [-0.15, -0.1) is 0 Å². The molecule has 3 fully saturated rings. The fourth-order valence-electron chi connectivity index (χ4n) is 3.89. The van der Waals surface area contributed by atoms with Gasteiger partial charge in [-0.05, 0) is 59.8 Å². The molecule has 0 unspecified atom stereocenters. The second-order valence-electron chi connectivity index (χ2n) is 6.79. The van der Waals surface area contributed by atoms with Crippen LogP contribution in [-0.4, -0.2) is 31.9 Å². The number of hydrogen-bond donors (Lipinski definition) is 2. The van der Waals surface area contributed by atoms with E-state index in [4.69, 9.17) is 4.74 Å². The highest BCUT2D eigenvalue weighted by Gasteiger charge is 2.75. The summed E-state index contributed by atoms with van der Waals surface area (Å²) >= 11 is 3.42. The highest BCUT2D eigenvalue weighted by Crippen LogP contribution is 2.74. The van der Waals surface area contributed by atoms with Gasteiger partial charge in [0.2, 0.25) is 5.91 Å². The zero-order valence-corrected chi connectivity index (χ0v) is 15.4. The number of amides is 2. The van der Waals surface area contributed by atoms with Crippen molar-refractivity contribution in [3.8, 4) is 0 Å². The van der Waals surface area contributed by atoms with E-state index in [9.17, 15) is 14.4 Å². The molecular weight excluding hydrogens is 376 g/mol. The standard InChI is InChI=1S/C17H19BrN2O4/c1-9-4-10(13(21)19-2)12(11(18)5-9)20-14(22)16-6-17(7-16,8-16)15(23)24-3/h4-5H,6-8H2,1-3H3,(H,19,21)(H,20,22). The van der Waals surface area contributed by atoms with Crippen LogP contribution in [0, 0.1) is 17.8 Å². The van der Waals surface area contributed by atoms with Crippen LogP contribution in [0.2, 0.25) is 0 Å². The molecule has 2 N–H and O–H groups in total. The van der Waals surface area contributed by atoms with Gasteiger partial charge in [0.15, 0.2) is 0 Å². The number of esters is 1. The number of carbonyl (C=O) groups excluding carboxylic acids is 3. The minimum atomic E-state index is -0.515. The van der Waals surface area contributed by atoms with Crippen molar-refractivity contribution in [2.24, 2.45) is 10.8 Å². The van der Waals surface area contributed by atoms with E-state index < -0.39 is 10.8 Å². The molecule has 4 rings (SSSR count). The van der Waals surface area contributed by atoms with E-state index in [2.05, 4.69) is 26.6 Å². The Bertz CT molecular complexity index is 739. The number of methoxy groups -OCH3 is 1. The highest BCUT2D eigenvalue weighted by atomic mass is 79.9. The van der Waals surface area contributed by atoms with Gasteiger partial charge in [-0.3, -0.25) is 14.4 Å². The number of rotatable bonds is 4. The van der Waals surface area contributed by atoms with Crippen LogP contribution >= 0.6 is 15.9 Å². The number of ether oxygens (including phenoxy) is 1. The molecule has 3 saturated carbocycles. The van der Waals surface area contributed by atoms with Crippen LogP contribution in [0.25, 0.3) is 0 Å². The lowest BCUT2D eigenvalue weighted by atomic mass is 9.35. The van der Waals surface area contributed by atoms with Gasteiger partial charge in [0.05, 0.1) is 29.2 Å². The zero-order valence-electron chi connectivity index (χ0n) is 13.8. The molecule has 7 heteroatoms. The first-order valence-corrected chi connectivity index (χ1v) is 8.48. The Hall–Kier alpha value is -1.89. The average molecular weight is 395 g/mol. The number of benzene rings is 1. The summed E-state index contributed by atoms with van der Waals surface area (Å²) in [5.74, 6) is -0.652. The summed E-state index contributed by atoms with van der Waals surface area (Å²) in [4.78, 5) is 36.5. The third-order valence-corrected chi connectivity index (χ3v) is 5.70. The molecule has 2 bridgehead atoms. The molecule has 2 amide bonds. The van der Waals surface area contributed by atoms with Gasteiger partial charge in [0.1, 0.15) is 0 Å². The van der Waals surface area contributed by atoms with Gasteiger partial charge in [-0.2, -0.15) is 0 Å². The average Bonchev–Trinajstić information content (AvgIpc) is 2.45. The first kappa shape index (κ1) is 17.0. The van der Waals surface area contributed by atoms with Crippen molar-refractivity contribution in [1.29, 1.82) is 0 Å². The van der Waals surface area contributed by atoms with Gasteiger partial charge in [0.25, 0.3) is 5.91 Å². The number of halogens is 1. The van der Waals surface area contributed by atoms with E-state index in [-0.39, 0.29) is 17.8 Å². The molecular formula is C17H19BrN2O4. The molecule has 24 heavy (non-hydrogen) atoms. The second-order valence-corrected chi connectivity index (χ2v) is 7.64. The van der Waals surface area contributed by atoms with Crippen LogP contribution in [0.1, 0.15) is 35.2 Å². The normalized spacial score (nSPS) is 26.7. The number of anilines is 1. The molecule has 1 aromatic carbocycles. The Kier molecular flexibility index (Phi) is 3.94. The number of carbonyl (C=O) groups is 3. The summed E-state index contributed by atoms with van der Waals surface area (Å²) in [5, 5.41) is 5.46. The molecule has 3 aliphatic rings. The molecule has 0 heterocycles. The van der Waals surface area contributed by atoms with Gasteiger partial charge in [-0.1, -0.05) is 0 Å². The summed E-state index contributed by atoms with van der Waals surface area (Å²) in [7, 11) is 2.92. The van der Waals surface area contributed by atoms with Gasteiger partial charge in [0, 0.05) is 11.5 Å². The van der Waals surface area contributed by atoms with Crippen molar-refractivity contribution in [2.75, 3.05) is 19.5 Å². The van der Waals surface area contributed by atoms with Crippen molar-refractivity contribution in [3.05, 3.63) is 27.7 Å².